The predicted molar refractivity (Wildman–Crippen MR) is 137 cm³/mol. The van der Waals surface area contributed by atoms with E-state index in [1.807, 2.05) is 12.4 Å². The molecule has 4 atom stereocenters. The number of nitrogens with zero attached hydrogens (tertiary/aromatic N) is 2. The zero-order valence-corrected chi connectivity index (χ0v) is 20.0. The first-order chi connectivity index (χ1) is 16.6. The summed E-state index contributed by atoms with van der Waals surface area (Å²) in [7, 11) is 0. The summed E-state index contributed by atoms with van der Waals surface area (Å²) in [5.41, 5.74) is 6.96. The quantitative estimate of drug-likeness (QED) is 0.311. The minimum atomic E-state index is 0.342. The third kappa shape index (κ3) is 4.21. The van der Waals surface area contributed by atoms with Crippen molar-refractivity contribution in [2.45, 2.75) is 64.0 Å². The second-order valence-corrected chi connectivity index (χ2v) is 10.3. The van der Waals surface area contributed by atoms with E-state index >= 15 is 0 Å². The van der Waals surface area contributed by atoms with Crippen LogP contribution in [0.15, 0.2) is 60.9 Å². The van der Waals surface area contributed by atoms with E-state index in [1.54, 1.807) is 0 Å². The highest BCUT2D eigenvalue weighted by molar-refractivity contribution is 5.71. The van der Waals surface area contributed by atoms with Gasteiger partial charge >= 0.3 is 0 Å². The lowest BCUT2D eigenvalue weighted by Crippen LogP contribution is -2.21. The van der Waals surface area contributed by atoms with Crippen molar-refractivity contribution in [2.24, 2.45) is 5.92 Å². The van der Waals surface area contributed by atoms with E-state index < -0.39 is 0 Å². The number of rotatable bonds is 5. The fourth-order valence-electron chi connectivity index (χ4n) is 5.63. The number of H-pyrrole nitrogens is 2. The molecular weight excluding hydrogens is 418 g/mol. The van der Waals surface area contributed by atoms with Crippen LogP contribution in [0.25, 0.3) is 33.6 Å². The lowest BCUT2D eigenvalue weighted by atomic mass is 10.0. The number of hydrogen-bond acceptors (Lipinski definition) is 3. The highest BCUT2D eigenvalue weighted by Gasteiger charge is 2.25. The second kappa shape index (κ2) is 8.88. The Morgan fingerprint density at radius 3 is 1.74 bits per heavy atom. The van der Waals surface area contributed by atoms with Crippen molar-refractivity contribution in [2.75, 3.05) is 0 Å². The van der Waals surface area contributed by atoms with E-state index in [4.69, 9.17) is 4.98 Å². The van der Waals surface area contributed by atoms with Crippen LogP contribution in [-0.2, 0) is 0 Å². The highest BCUT2D eigenvalue weighted by atomic mass is 15.1. The minimum absolute atomic E-state index is 0.342. The van der Waals surface area contributed by atoms with Crippen LogP contribution in [0.3, 0.4) is 0 Å². The summed E-state index contributed by atoms with van der Waals surface area (Å²) in [6, 6.07) is 18.4. The first kappa shape index (κ1) is 21.4. The van der Waals surface area contributed by atoms with E-state index in [0.717, 1.165) is 40.9 Å². The Bertz CT molecular complexity index is 1150. The van der Waals surface area contributed by atoms with Crippen LogP contribution in [0.4, 0.5) is 0 Å². The second-order valence-electron chi connectivity index (χ2n) is 10.3. The van der Waals surface area contributed by atoms with E-state index in [9.17, 15) is 0 Å². The first-order valence-corrected chi connectivity index (χ1v) is 12.7. The van der Waals surface area contributed by atoms with Gasteiger partial charge in [-0.15, -0.1) is 0 Å². The molecule has 174 valence electrons. The maximum Gasteiger partial charge on any atom is 0.123 e. The summed E-state index contributed by atoms with van der Waals surface area (Å²) in [6.07, 6.45) is 10.1. The third-order valence-corrected chi connectivity index (χ3v) is 7.70. The Kier molecular flexibility index (Phi) is 5.58. The molecular formula is C29H33N5. The van der Waals surface area contributed by atoms with Gasteiger partial charge in [-0.05, 0) is 67.2 Å². The first-order valence-electron chi connectivity index (χ1n) is 12.7. The van der Waals surface area contributed by atoms with Crippen molar-refractivity contribution >= 4 is 0 Å². The van der Waals surface area contributed by atoms with Crippen molar-refractivity contribution in [3.8, 4) is 33.6 Å². The van der Waals surface area contributed by atoms with Crippen LogP contribution in [0.1, 0.15) is 69.6 Å². The van der Waals surface area contributed by atoms with Crippen LogP contribution in [-0.4, -0.2) is 26.0 Å². The maximum absolute atomic E-state index is 4.69. The van der Waals surface area contributed by atoms with Gasteiger partial charge in [0.2, 0.25) is 0 Å². The molecule has 2 aromatic carbocycles. The van der Waals surface area contributed by atoms with Crippen molar-refractivity contribution < 1.29 is 0 Å². The Balaban J connectivity index is 1.15. The molecule has 0 unspecified atom stereocenters. The molecule has 6 rings (SSSR count). The Labute approximate surface area is 201 Å². The van der Waals surface area contributed by atoms with Crippen molar-refractivity contribution in [1.29, 1.82) is 0 Å². The van der Waals surface area contributed by atoms with Gasteiger partial charge < -0.3 is 15.3 Å². The standard InChI is InChI=1S/C29H33N5/c1-18-3-5-24(15-18)28-30-16-26(33-28)22-10-6-20(7-11-22)21-8-12-23(13-9-21)27-17-31-29(34-27)25-14-4-19(2)32-25/h6-13,16-19,24-25,32H,3-5,14-15H2,1-2H3,(H,30,33)(H,31,34)/t18-,19-,24+,25-/m0/s1. The lowest BCUT2D eigenvalue weighted by Gasteiger charge is -2.08. The van der Waals surface area contributed by atoms with Gasteiger partial charge in [0.25, 0.3) is 0 Å². The molecule has 34 heavy (non-hydrogen) atoms. The molecule has 2 aromatic heterocycles. The van der Waals surface area contributed by atoms with Gasteiger partial charge in [-0.2, -0.15) is 0 Å². The van der Waals surface area contributed by atoms with E-state index in [2.05, 4.69) is 82.6 Å². The zero-order chi connectivity index (χ0) is 23.1. The number of imidazole rings is 2. The van der Waals surface area contributed by atoms with Crippen molar-refractivity contribution in [1.82, 2.24) is 25.3 Å². The van der Waals surface area contributed by atoms with Gasteiger partial charge in [-0.25, -0.2) is 9.97 Å². The van der Waals surface area contributed by atoms with E-state index in [-0.39, 0.29) is 0 Å². The molecule has 1 saturated heterocycles. The lowest BCUT2D eigenvalue weighted by molar-refractivity contribution is 0.564. The summed E-state index contributed by atoms with van der Waals surface area (Å²) >= 11 is 0. The van der Waals surface area contributed by atoms with Gasteiger partial charge in [0.1, 0.15) is 11.6 Å². The smallest absolute Gasteiger partial charge is 0.123 e. The third-order valence-electron chi connectivity index (χ3n) is 7.70. The van der Waals surface area contributed by atoms with Crippen LogP contribution in [0, 0.1) is 5.92 Å². The zero-order valence-electron chi connectivity index (χ0n) is 20.0. The Hall–Kier alpha value is -3.18. The molecule has 3 N–H and O–H groups in total. The van der Waals surface area contributed by atoms with Crippen LogP contribution >= 0.6 is 0 Å². The summed E-state index contributed by atoms with van der Waals surface area (Å²) in [5.74, 6) is 3.60. The SMILES string of the molecule is C[C@H]1CC[C@@H](c2ncc(-c3ccc(-c4ccc(-c5cnc([C@@H]6CC[C@H](C)N6)[nH]5)cc4)cc3)[nH]2)C1. The molecule has 1 aliphatic heterocycles. The fraction of sp³-hybridized carbons (Fsp3) is 0.379. The normalized spacial score (nSPS) is 24.6. The summed E-state index contributed by atoms with van der Waals surface area (Å²) in [5, 5.41) is 3.60. The van der Waals surface area contributed by atoms with Crippen molar-refractivity contribution in [3.05, 3.63) is 72.6 Å². The Morgan fingerprint density at radius 1 is 0.647 bits per heavy atom. The van der Waals surface area contributed by atoms with Gasteiger partial charge in [0.15, 0.2) is 0 Å². The number of nitrogens with one attached hydrogen (secondary N) is 3. The topological polar surface area (TPSA) is 69.4 Å². The molecule has 3 heterocycles. The molecule has 5 nitrogen and oxygen atoms in total. The molecule has 1 saturated carbocycles. The molecule has 0 bridgehead atoms. The predicted octanol–water partition coefficient (Wildman–Crippen LogP) is 6.85. The molecule has 1 aliphatic carbocycles. The molecule has 0 radical (unpaired) electrons. The molecule has 5 heteroatoms. The summed E-state index contributed by atoms with van der Waals surface area (Å²) in [6.45, 7) is 4.58. The van der Waals surface area contributed by atoms with Gasteiger partial charge in [-0.1, -0.05) is 55.5 Å². The summed E-state index contributed by atoms with van der Waals surface area (Å²) in [4.78, 5) is 16.4. The highest BCUT2D eigenvalue weighted by Crippen LogP contribution is 2.37. The minimum Gasteiger partial charge on any atom is -0.342 e. The largest absolute Gasteiger partial charge is 0.342 e. The van der Waals surface area contributed by atoms with Gasteiger partial charge in [0.05, 0.1) is 29.8 Å². The average molecular weight is 452 g/mol. The van der Waals surface area contributed by atoms with Gasteiger partial charge in [-0.3, -0.25) is 0 Å². The molecule has 0 spiro atoms. The molecule has 0 amide bonds. The number of aromatic nitrogens is 4. The molecule has 2 aliphatic rings. The van der Waals surface area contributed by atoms with Crippen LogP contribution < -0.4 is 5.32 Å². The van der Waals surface area contributed by atoms with E-state index in [0.29, 0.717) is 18.0 Å². The number of aromatic amines is 2. The maximum atomic E-state index is 4.69. The van der Waals surface area contributed by atoms with Crippen LogP contribution in [0.5, 0.6) is 0 Å². The Morgan fingerprint density at radius 2 is 1.21 bits per heavy atom. The van der Waals surface area contributed by atoms with E-state index in [1.165, 1.54) is 42.4 Å². The number of benzene rings is 2. The molecule has 2 fully saturated rings. The fourth-order valence-corrected chi connectivity index (χ4v) is 5.63. The average Bonchev–Trinajstić information content (AvgIpc) is 3.66. The van der Waals surface area contributed by atoms with Gasteiger partial charge in [0, 0.05) is 12.0 Å². The van der Waals surface area contributed by atoms with Crippen LogP contribution in [0.2, 0.25) is 0 Å². The summed E-state index contributed by atoms with van der Waals surface area (Å²) < 4.78 is 0. The molecule has 4 aromatic rings. The number of hydrogen-bond donors (Lipinski definition) is 3. The monoisotopic (exact) mass is 451 g/mol. The van der Waals surface area contributed by atoms with Crippen molar-refractivity contribution in [3.63, 3.8) is 0 Å².